The molecular formula is C15H16FN3O4S. The molecule has 0 saturated carbocycles. The third-order valence-corrected chi connectivity index (χ3v) is 3.93. The average molecular weight is 353 g/mol. The Bertz CT molecular complexity index is 672. The quantitative estimate of drug-likeness (QED) is 0.620. The maximum absolute atomic E-state index is 14.3. The highest BCUT2D eigenvalue weighted by molar-refractivity contribution is 7.79. The van der Waals surface area contributed by atoms with Crippen molar-refractivity contribution in [1.29, 1.82) is 0 Å². The summed E-state index contributed by atoms with van der Waals surface area (Å²) >= 11 is 4.71. The lowest BCUT2D eigenvalue weighted by molar-refractivity contribution is 0.141. The molecule has 0 spiro atoms. The molecule has 1 N–H and O–H groups in total. The molecule has 0 aliphatic carbocycles. The molecule has 2 saturated heterocycles. The summed E-state index contributed by atoms with van der Waals surface area (Å²) in [6.45, 7) is 1.85. The topological polar surface area (TPSA) is 71.1 Å². The van der Waals surface area contributed by atoms with Gasteiger partial charge in [-0.25, -0.2) is 14.0 Å². The Morgan fingerprint density at radius 1 is 1.33 bits per heavy atom. The van der Waals surface area contributed by atoms with Crippen LogP contribution in [-0.4, -0.2) is 56.4 Å². The van der Waals surface area contributed by atoms with Crippen molar-refractivity contribution in [2.75, 3.05) is 42.6 Å². The maximum Gasteiger partial charge on any atom is 0.414 e. The Balaban J connectivity index is 1.71. The first-order chi connectivity index (χ1) is 11.6. The number of nitrogens with one attached hydrogen (secondary N) is 1. The molecule has 1 atom stereocenters. The molecule has 128 valence electrons. The number of ether oxygens (including phenoxy) is 2. The molecule has 24 heavy (non-hydrogen) atoms. The standard InChI is InChI=1S/C15H16FN3O4S/c16-12-7-10(1-2-13(12)18-4-5-22-14(18)20)19-9-11(23-15(19)21)8-17-3-6-24/h1-2,6-7,11,17H,3-5,8-9H2/t11-/m0/s1. The highest BCUT2D eigenvalue weighted by Crippen LogP contribution is 2.29. The summed E-state index contributed by atoms with van der Waals surface area (Å²) in [7, 11) is 0. The second kappa shape index (κ2) is 7.10. The van der Waals surface area contributed by atoms with Crippen molar-refractivity contribution in [3.8, 4) is 0 Å². The van der Waals surface area contributed by atoms with Crippen LogP contribution >= 0.6 is 12.2 Å². The summed E-state index contributed by atoms with van der Waals surface area (Å²) in [5, 5.41) is 4.58. The monoisotopic (exact) mass is 353 g/mol. The number of rotatable bonds is 6. The van der Waals surface area contributed by atoms with Gasteiger partial charge in [-0.3, -0.25) is 9.80 Å². The molecule has 2 aliphatic rings. The summed E-state index contributed by atoms with van der Waals surface area (Å²) in [5.41, 5.74) is 0.513. The van der Waals surface area contributed by atoms with E-state index in [-0.39, 0.29) is 18.4 Å². The van der Waals surface area contributed by atoms with Crippen LogP contribution in [0.2, 0.25) is 0 Å². The van der Waals surface area contributed by atoms with Crippen molar-refractivity contribution in [2.24, 2.45) is 0 Å². The number of benzene rings is 1. The molecule has 2 fully saturated rings. The fourth-order valence-electron chi connectivity index (χ4n) is 2.64. The molecule has 0 unspecified atom stereocenters. The number of thiocarbonyl (C=S) groups is 1. The van der Waals surface area contributed by atoms with E-state index in [4.69, 9.17) is 21.7 Å². The first kappa shape index (κ1) is 16.6. The van der Waals surface area contributed by atoms with Crippen LogP contribution < -0.4 is 15.1 Å². The average Bonchev–Trinajstić information content (AvgIpc) is 3.13. The first-order valence-electron chi connectivity index (χ1n) is 7.46. The van der Waals surface area contributed by atoms with E-state index in [0.29, 0.717) is 31.9 Å². The highest BCUT2D eigenvalue weighted by Gasteiger charge is 2.33. The van der Waals surface area contributed by atoms with Crippen LogP contribution in [0.25, 0.3) is 0 Å². The van der Waals surface area contributed by atoms with Gasteiger partial charge < -0.3 is 14.8 Å². The molecule has 7 nitrogen and oxygen atoms in total. The number of amides is 2. The fraction of sp³-hybridized carbons (Fsp3) is 0.400. The predicted octanol–water partition coefficient (Wildman–Crippen LogP) is 1.70. The van der Waals surface area contributed by atoms with Crippen molar-refractivity contribution in [3.63, 3.8) is 0 Å². The molecule has 9 heteroatoms. The second-order valence-corrected chi connectivity index (χ2v) is 5.68. The zero-order valence-electron chi connectivity index (χ0n) is 12.7. The van der Waals surface area contributed by atoms with Gasteiger partial charge in [0.15, 0.2) is 0 Å². The van der Waals surface area contributed by atoms with Crippen LogP contribution in [0.15, 0.2) is 18.2 Å². The van der Waals surface area contributed by atoms with E-state index in [9.17, 15) is 14.0 Å². The molecule has 3 rings (SSSR count). The number of hydrogen-bond acceptors (Lipinski definition) is 6. The smallest absolute Gasteiger partial charge is 0.414 e. The number of carbonyl (C=O) groups is 2. The van der Waals surface area contributed by atoms with Gasteiger partial charge in [0.2, 0.25) is 0 Å². The molecule has 1 aromatic carbocycles. The van der Waals surface area contributed by atoms with Gasteiger partial charge in [0.1, 0.15) is 18.5 Å². The second-order valence-electron chi connectivity index (χ2n) is 5.34. The minimum absolute atomic E-state index is 0.132. The lowest BCUT2D eigenvalue weighted by Gasteiger charge is -2.17. The van der Waals surface area contributed by atoms with Gasteiger partial charge in [-0.15, -0.1) is 0 Å². The van der Waals surface area contributed by atoms with Gasteiger partial charge in [-0.2, -0.15) is 0 Å². The number of carbonyl (C=O) groups excluding carboxylic acids is 2. The van der Waals surface area contributed by atoms with E-state index in [1.165, 1.54) is 21.9 Å². The summed E-state index contributed by atoms with van der Waals surface area (Å²) in [4.78, 5) is 26.1. The minimum Gasteiger partial charge on any atom is -0.447 e. The van der Waals surface area contributed by atoms with Gasteiger partial charge in [-0.05, 0) is 23.6 Å². The summed E-state index contributed by atoms with van der Waals surface area (Å²) in [5.74, 6) is -0.596. The lowest BCUT2D eigenvalue weighted by atomic mass is 10.2. The molecular weight excluding hydrogens is 337 g/mol. The SMILES string of the molecule is O=C1O[C@@H](CNCC=S)CN1c1ccc(N2CCOC2=O)c(F)c1. The number of nitrogens with zero attached hydrogens (tertiary/aromatic N) is 2. The zero-order chi connectivity index (χ0) is 17.1. The number of halogens is 1. The number of hydrogen-bond donors (Lipinski definition) is 1. The van der Waals surface area contributed by atoms with E-state index < -0.39 is 18.0 Å². The summed E-state index contributed by atoms with van der Waals surface area (Å²) < 4.78 is 24.4. The summed E-state index contributed by atoms with van der Waals surface area (Å²) in [6, 6.07) is 4.26. The largest absolute Gasteiger partial charge is 0.447 e. The van der Waals surface area contributed by atoms with Gasteiger partial charge in [0.25, 0.3) is 0 Å². The molecule has 1 aromatic rings. The van der Waals surface area contributed by atoms with Crippen molar-refractivity contribution in [2.45, 2.75) is 6.10 Å². The van der Waals surface area contributed by atoms with Gasteiger partial charge in [0.05, 0.1) is 24.5 Å². The van der Waals surface area contributed by atoms with Crippen LogP contribution in [0.5, 0.6) is 0 Å². The molecule has 2 aliphatic heterocycles. The Hall–Kier alpha value is -2.26. The molecule has 2 heterocycles. The fourth-order valence-corrected chi connectivity index (χ4v) is 2.75. The van der Waals surface area contributed by atoms with Crippen LogP contribution in [0.3, 0.4) is 0 Å². The van der Waals surface area contributed by atoms with E-state index in [1.807, 2.05) is 0 Å². The third kappa shape index (κ3) is 3.31. The Morgan fingerprint density at radius 2 is 2.17 bits per heavy atom. The predicted molar refractivity (Wildman–Crippen MR) is 89.2 cm³/mol. The van der Waals surface area contributed by atoms with Gasteiger partial charge >= 0.3 is 12.2 Å². The Kier molecular flexibility index (Phi) is 4.91. The van der Waals surface area contributed by atoms with Gasteiger partial charge in [-0.1, -0.05) is 12.2 Å². The van der Waals surface area contributed by atoms with Crippen LogP contribution in [0, 0.1) is 5.82 Å². The normalized spacial score (nSPS) is 20.3. The van der Waals surface area contributed by atoms with E-state index in [2.05, 4.69) is 5.32 Å². The Morgan fingerprint density at radius 3 is 2.83 bits per heavy atom. The molecule has 0 bridgehead atoms. The van der Waals surface area contributed by atoms with Gasteiger partial charge in [0, 0.05) is 13.1 Å². The number of cyclic esters (lactones) is 2. The van der Waals surface area contributed by atoms with Crippen molar-refractivity contribution in [3.05, 3.63) is 24.0 Å². The van der Waals surface area contributed by atoms with E-state index >= 15 is 0 Å². The summed E-state index contributed by atoms with van der Waals surface area (Å²) in [6.07, 6.45) is -1.44. The Labute approximate surface area is 143 Å². The van der Waals surface area contributed by atoms with Crippen molar-refractivity contribution >= 4 is 41.1 Å². The third-order valence-electron chi connectivity index (χ3n) is 3.77. The first-order valence-corrected chi connectivity index (χ1v) is 7.93. The molecule has 2 amide bonds. The molecule has 0 aromatic heterocycles. The number of anilines is 2. The molecule has 0 radical (unpaired) electrons. The zero-order valence-corrected chi connectivity index (χ0v) is 13.6. The van der Waals surface area contributed by atoms with Crippen LogP contribution in [0.4, 0.5) is 25.4 Å². The van der Waals surface area contributed by atoms with Crippen molar-refractivity contribution in [1.82, 2.24) is 5.32 Å². The lowest BCUT2D eigenvalue weighted by Crippen LogP contribution is -2.31. The maximum atomic E-state index is 14.3. The minimum atomic E-state index is -0.596. The van der Waals surface area contributed by atoms with Crippen LogP contribution in [0.1, 0.15) is 0 Å². The van der Waals surface area contributed by atoms with E-state index in [1.54, 1.807) is 11.4 Å². The van der Waals surface area contributed by atoms with E-state index in [0.717, 1.165) is 0 Å². The highest BCUT2D eigenvalue weighted by atomic mass is 32.1. The van der Waals surface area contributed by atoms with Crippen LogP contribution in [-0.2, 0) is 9.47 Å². The van der Waals surface area contributed by atoms with Crippen molar-refractivity contribution < 1.29 is 23.5 Å².